The Hall–Kier alpha value is -0.750. The number of nitrogens with zero attached hydrogens (tertiary/aromatic N) is 1. The Labute approximate surface area is 135 Å². The summed E-state index contributed by atoms with van der Waals surface area (Å²) < 4.78 is 5.17. The second kappa shape index (κ2) is 10.1. The molecule has 0 radical (unpaired) electrons. The molecule has 0 aliphatic carbocycles. The molecular formula is C15H22ClNO3S. The Morgan fingerprint density at radius 3 is 2.57 bits per heavy atom. The van der Waals surface area contributed by atoms with Crippen LogP contribution in [-0.2, 0) is 9.53 Å². The second-order valence-corrected chi connectivity index (χ2v) is 6.09. The molecular weight excluding hydrogens is 310 g/mol. The van der Waals surface area contributed by atoms with Gasteiger partial charge in [-0.15, -0.1) is 11.8 Å². The van der Waals surface area contributed by atoms with Gasteiger partial charge >= 0.3 is 0 Å². The molecule has 0 bridgehead atoms. The lowest BCUT2D eigenvalue weighted by Crippen LogP contribution is -2.42. The molecule has 21 heavy (non-hydrogen) atoms. The molecule has 0 unspecified atom stereocenters. The van der Waals surface area contributed by atoms with Crippen molar-refractivity contribution >= 4 is 29.3 Å². The Bertz CT molecular complexity index is 423. The number of benzene rings is 1. The number of halogens is 1. The minimum Gasteiger partial charge on any atom is -0.395 e. The third-order valence-corrected chi connectivity index (χ3v) is 4.30. The van der Waals surface area contributed by atoms with Crippen molar-refractivity contribution in [1.29, 1.82) is 0 Å². The van der Waals surface area contributed by atoms with Crippen LogP contribution in [0.1, 0.15) is 13.3 Å². The van der Waals surface area contributed by atoms with Crippen LogP contribution in [0.3, 0.4) is 0 Å². The summed E-state index contributed by atoms with van der Waals surface area (Å²) in [6, 6.07) is 7.60. The molecule has 0 heterocycles. The summed E-state index contributed by atoms with van der Waals surface area (Å²) in [7, 11) is 1.53. The van der Waals surface area contributed by atoms with Crippen molar-refractivity contribution < 1.29 is 14.6 Å². The average Bonchev–Trinajstić information content (AvgIpc) is 2.49. The van der Waals surface area contributed by atoms with Crippen LogP contribution in [-0.4, -0.2) is 54.6 Å². The van der Waals surface area contributed by atoms with Crippen molar-refractivity contribution in [2.75, 3.05) is 32.6 Å². The molecule has 1 N–H and O–H groups in total. The number of ether oxygens (including phenoxy) is 1. The smallest absolute Gasteiger partial charge is 0.251 e. The number of thioether (sulfide) groups is 1. The Balaban J connectivity index is 2.50. The standard InChI is InChI=1S/C15H22ClNO3S/c1-3-14(20-2)15(19)17(8-10-18)9-11-21-13-6-4-12(16)5-7-13/h4-7,14,18H,3,8-11H2,1-2H3/t14-/m0/s1. The number of hydrogen-bond acceptors (Lipinski definition) is 4. The van der Waals surface area contributed by atoms with Crippen molar-refractivity contribution in [2.45, 2.75) is 24.3 Å². The van der Waals surface area contributed by atoms with Gasteiger partial charge in [-0.05, 0) is 30.7 Å². The van der Waals surface area contributed by atoms with Gasteiger partial charge in [0, 0.05) is 35.9 Å². The van der Waals surface area contributed by atoms with E-state index in [0.717, 1.165) is 10.6 Å². The Morgan fingerprint density at radius 2 is 2.05 bits per heavy atom. The van der Waals surface area contributed by atoms with Gasteiger partial charge in [-0.25, -0.2) is 0 Å². The molecule has 118 valence electrons. The molecule has 1 aromatic carbocycles. The maximum absolute atomic E-state index is 12.2. The zero-order chi connectivity index (χ0) is 15.7. The molecule has 0 aliphatic rings. The van der Waals surface area contributed by atoms with Crippen molar-refractivity contribution in [3.8, 4) is 0 Å². The number of hydrogen-bond donors (Lipinski definition) is 1. The number of rotatable bonds is 9. The molecule has 1 amide bonds. The fourth-order valence-corrected chi connectivity index (χ4v) is 2.91. The van der Waals surface area contributed by atoms with Crippen molar-refractivity contribution in [3.63, 3.8) is 0 Å². The highest BCUT2D eigenvalue weighted by Gasteiger charge is 2.21. The molecule has 1 rings (SSSR count). The van der Waals surface area contributed by atoms with Gasteiger partial charge in [0.15, 0.2) is 0 Å². The first-order valence-electron chi connectivity index (χ1n) is 6.93. The van der Waals surface area contributed by atoms with E-state index in [1.807, 2.05) is 31.2 Å². The Kier molecular flexibility index (Phi) is 8.76. The first-order chi connectivity index (χ1) is 10.1. The zero-order valence-electron chi connectivity index (χ0n) is 12.4. The van der Waals surface area contributed by atoms with Crippen LogP contribution in [0.4, 0.5) is 0 Å². The minimum absolute atomic E-state index is 0.0441. The summed E-state index contributed by atoms with van der Waals surface area (Å²) in [6.45, 7) is 2.77. The lowest BCUT2D eigenvalue weighted by atomic mass is 10.2. The molecule has 0 fully saturated rings. The highest BCUT2D eigenvalue weighted by atomic mass is 35.5. The van der Waals surface area contributed by atoms with Gasteiger partial charge in [-0.1, -0.05) is 18.5 Å². The largest absolute Gasteiger partial charge is 0.395 e. The monoisotopic (exact) mass is 331 g/mol. The predicted octanol–water partition coefficient (Wildman–Crippen LogP) is 2.68. The summed E-state index contributed by atoms with van der Waals surface area (Å²) in [6.07, 6.45) is 0.193. The molecule has 0 aromatic heterocycles. The van der Waals surface area contributed by atoms with E-state index in [1.165, 1.54) is 7.11 Å². The van der Waals surface area contributed by atoms with Crippen LogP contribution in [0.25, 0.3) is 0 Å². The van der Waals surface area contributed by atoms with Crippen molar-refractivity contribution in [2.24, 2.45) is 0 Å². The predicted molar refractivity (Wildman–Crippen MR) is 86.9 cm³/mol. The molecule has 0 aliphatic heterocycles. The van der Waals surface area contributed by atoms with Gasteiger partial charge in [-0.2, -0.15) is 0 Å². The first-order valence-corrected chi connectivity index (χ1v) is 8.29. The van der Waals surface area contributed by atoms with Crippen LogP contribution in [0.2, 0.25) is 5.02 Å². The highest BCUT2D eigenvalue weighted by Crippen LogP contribution is 2.20. The maximum Gasteiger partial charge on any atom is 0.251 e. The van der Waals surface area contributed by atoms with E-state index in [0.29, 0.717) is 24.5 Å². The number of carbonyl (C=O) groups excluding carboxylic acids is 1. The van der Waals surface area contributed by atoms with E-state index in [-0.39, 0.29) is 12.5 Å². The van der Waals surface area contributed by atoms with Crippen LogP contribution in [0.5, 0.6) is 0 Å². The quantitative estimate of drug-likeness (QED) is 0.707. The van der Waals surface area contributed by atoms with Gasteiger partial charge in [0.1, 0.15) is 6.10 Å². The minimum atomic E-state index is -0.433. The van der Waals surface area contributed by atoms with Crippen LogP contribution < -0.4 is 0 Å². The summed E-state index contributed by atoms with van der Waals surface area (Å²) in [5, 5.41) is 9.81. The van der Waals surface area contributed by atoms with Gasteiger partial charge < -0.3 is 14.7 Å². The first kappa shape index (κ1) is 18.3. The van der Waals surface area contributed by atoms with Gasteiger partial charge in [0.25, 0.3) is 5.91 Å². The zero-order valence-corrected chi connectivity index (χ0v) is 14.0. The topological polar surface area (TPSA) is 49.8 Å². The molecule has 4 nitrogen and oxygen atoms in total. The summed E-state index contributed by atoms with van der Waals surface area (Å²) >= 11 is 7.49. The number of aliphatic hydroxyl groups excluding tert-OH is 1. The lowest BCUT2D eigenvalue weighted by molar-refractivity contribution is -0.142. The Morgan fingerprint density at radius 1 is 1.38 bits per heavy atom. The van der Waals surface area contributed by atoms with Gasteiger partial charge in [0.05, 0.1) is 6.61 Å². The van der Waals surface area contributed by atoms with Crippen LogP contribution >= 0.6 is 23.4 Å². The number of aliphatic hydroxyl groups is 1. The van der Waals surface area contributed by atoms with E-state index in [2.05, 4.69) is 0 Å². The fourth-order valence-electron chi connectivity index (χ4n) is 1.90. The number of methoxy groups -OCH3 is 1. The molecule has 0 saturated carbocycles. The maximum atomic E-state index is 12.2. The number of amides is 1. The van der Waals surface area contributed by atoms with E-state index in [1.54, 1.807) is 16.7 Å². The van der Waals surface area contributed by atoms with Gasteiger partial charge in [0.2, 0.25) is 0 Å². The molecule has 1 atom stereocenters. The average molecular weight is 332 g/mol. The molecule has 0 spiro atoms. The van der Waals surface area contributed by atoms with Gasteiger partial charge in [-0.3, -0.25) is 4.79 Å². The van der Waals surface area contributed by atoms with E-state index < -0.39 is 6.10 Å². The third-order valence-electron chi connectivity index (χ3n) is 3.06. The normalized spacial score (nSPS) is 12.2. The molecule has 6 heteroatoms. The lowest BCUT2D eigenvalue weighted by Gasteiger charge is -2.25. The van der Waals surface area contributed by atoms with E-state index in [4.69, 9.17) is 21.4 Å². The summed E-state index contributed by atoms with van der Waals surface area (Å²) in [4.78, 5) is 15.0. The summed E-state index contributed by atoms with van der Waals surface area (Å²) in [5.41, 5.74) is 0. The third kappa shape index (κ3) is 6.26. The highest BCUT2D eigenvalue weighted by molar-refractivity contribution is 7.99. The van der Waals surface area contributed by atoms with Crippen molar-refractivity contribution in [1.82, 2.24) is 4.90 Å². The molecule has 0 saturated heterocycles. The van der Waals surface area contributed by atoms with Crippen LogP contribution in [0.15, 0.2) is 29.2 Å². The van der Waals surface area contributed by atoms with Crippen molar-refractivity contribution in [3.05, 3.63) is 29.3 Å². The summed E-state index contributed by atoms with van der Waals surface area (Å²) in [5.74, 6) is 0.693. The van der Waals surface area contributed by atoms with Crippen LogP contribution in [0, 0.1) is 0 Å². The number of carbonyl (C=O) groups is 1. The SMILES string of the molecule is CC[C@H](OC)C(=O)N(CCO)CCSc1ccc(Cl)cc1. The van der Waals surface area contributed by atoms with E-state index >= 15 is 0 Å². The van der Waals surface area contributed by atoms with E-state index in [9.17, 15) is 4.79 Å². The molecule has 1 aromatic rings. The second-order valence-electron chi connectivity index (χ2n) is 4.48. The fraction of sp³-hybridized carbons (Fsp3) is 0.533.